The van der Waals surface area contributed by atoms with Crippen molar-refractivity contribution in [2.24, 2.45) is 0 Å². The fourth-order valence-electron chi connectivity index (χ4n) is 1.65. The zero-order valence-electron chi connectivity index (χ0n) is 10.3. The average Bonchev–Trinajstić information content (AvgIpc) is 2.76. The number of rotatable bonds is 2. The molecule has 0 aliphatic carbocycles. The minimum absolute atomic E-state index is 0.149. The standard InChI is InChI=1S/C14H16N2O/c1-14(2,3)12-4-6-13(7-5-12)16-9-11(10-17)8-15-16/h4-10H,1-3H3. The van der Waals surface area contributed by atoms with Gasteiger partial charge in [0.25, 0.3) is 0 Å². The minimum Gasteiger partial charge on any atom is -0.298 e. The molecule has 0 spiro atoms. The molecule has 0 radical (unpaired) electrons. The van der Waals surface area contributed by atoms with Gasteiger partial charge in [-0.05, 0) is 23.1 Å². The summed E-state index contributed by atoms with van der Waals surface area (Å²) in [6, 6.07) is 8.22. The molecule has 0 unspecified atom stereocenters. The molecule has 1 heterocycles. The normalized spacial score (nSPS) is 11.5. The molecule has 0 amide bonds. The number of aromatic nitrogens is 2. The predicted octanol–water partition coefficient (Wildman–Crippen LogP) is 2.98. The van der Waals surface area contributed by atoms with Gasteiger partial charge in [0.15, 0.2) is 6.29 Å². The molecule has 0 aliphatic rings. The van der Waals surface area contributed by atoms with Crippen LogP contribution in [0.5, 0.6) is 0 Å². The van der Waals surface area contributed by atoms with E-state index in [1.807, 2.05) is 12.1 Å². The maximum atomic E-state index is 10.6. The van der Waals surface area contributed by atoms with E-state index in [0.29, 0.717) is 5.56 Å². The molecule has 0 bridgehead atoms. The first kappa shape index (κ1) is 11.6. The molecule has 0 aliphatic heterocycles. The van der Waals surface area contributed by atoms with E-state index in [4.69, 9.17) is 0 Å². The van der Waals surface area contributed by atoms with Gasteiger partial charge in [0.2, 0.25) is 0 Å². The van der Waals surface area contributed by atoms with Gasteiger partial charge in [-0.1, -0.05) is 32.9 Å². The van der Waals surface area contributed by atoms with Crippen LogP contribution >= 0.6 is 0 Å². The van der Waals surface area contributed by atoms with E-state index in [1.54, 1.807) is 17.1 Å². The van der Waals surface area contributed by atoms with Crippen LogP contribution in [0.15, 0.2) is 36.7 Å². The fraction of sp³-hybridized carbons (Fsp3) is 0.286. The van der Waals surface area contributed by atoms with Crippen LogP contribution in [0.1, 0.15) is 36.7 Å². The van der Waals surface area contributed by atoms with E-state index >= 15 is 0 Å². The number of aldehydes is 1. The molecule has 3 nitrogen and oxygen atoms in total. The molecule has 1 aromatic carbocycles. The van der Waals surface area contributed by atoms with Crippen molar-refractivity contribution in [2.75, 3.05) is 0 Å². The van der Waals surface area contributed by atoms with Gasteiger partial charge in [-0.15, -0.1) is 0 Å². The Balaban J connectivity index is 2.32. The lowest BCUT2D eigenvalue weighted by atomic mass is 9.87. The topological polar surface area (TPSA) is 34.9 Å². The Morgan fingerprint density at radius 1 is 1.18 bits per heavy atom. The second-order valence-corrected chi connectivity index (χ2v) is 5.13. The van der Waals surface area contributed by atoms with E-state index in [-0.39, 0.29) is 5.41 Å². The maximum absolute atomic E-state index is 10.6. The summed E-state index contributed by atoms with van der Waals surface area (Å²) >= 11 is 0. The van der Waals surface area contributed by atoms with Gasteiger partial charge in [-0.25, -0.2) is 4.68 Å². The molecule has 2 aromatic rings. The number of nitrogens with zero attached hydrogens (tertiary/aromatic N) is 2. The van der Waals surface area contributed by atoms with Crippen LogP contribution in [-0.2, 0) is 5.41 Å². The van der Waals surface area contributed by atoms with Gasteiger partial charge in [0.05, 0.1) is 17.4 Å². The predicted molar refractivity (Wildman–Crippen MR) is 67.7 cm³/mol. The Labute approximate surface area is 101 Å². The summed E-state index contributed by atoms with van der Waals surface area (Å²) in [5.41, 5.74) is 2.98. The first-order chi connectivity index (χ1) is 8.00. The largest absolute Gasteiger partial charge is 0.298 e. The lowest BCUT2D eigenvalue weighted by molar-refractivity contribution is 0.112. The second-order valence-electron chi connectivity index (χ2n) is 5.13. The highest BCUT2D eigenvalue weighted by Crippen LogP contribution is 2.22. The third-order valence-electron chi connectivity index (χ3n) is 2.74. The molecule has 0 saturated heterocycles. The van der Waals surface area contributed by atoms with Gasteiger partial charge < -0.3 is 0 Å². The Morgan fingerprint density at radius 2 is 1.82 bits per heavy atom. The van der Waals surface area contributed by atoms with Crippen molar-refractivity contribution in [2.45, 2.75) is 26.2 Å². The number of benzene rings is 1. The summed E-state index contributed by atoms with van der Waals surface area (Å²) in [5.74, 6) is 0. The first-order valence-electron chi connectivity index (χ1n) is 5.61. The highest BCUT2D eigenvalue weighted by Gasteiger charge is 2.13. The summed E-state index contributed by atoms with van der Waals surface area (Å²) in [7, 11) is 0. The van der Waals surface area contributed by atoms with Crippen LogP contribution in [0.25, 0.3) is 5.69 Å². The van der Waals surface area contributed by atoms with Crippen LogP contribution in [0.4, 0.5) is 0 Å². The Bertz CT molecular complexity index is 518. The quantitative estimate of drug-likeness (QED) is 0.741. The smallest absolute Gasteiger partial charge is 0.153 e. The third kappa shape index (κ3) is 2.44. The van der Waals surface area contributed by atoms with Crippen LogP contribution in [0.3, 0.4) is 0 Å². The van der Waals surface area contributed by atoms with E-state index in [9.17, 15) is 4.79 Å². The van der Waals surface area contributed by atoms with E-state index in [0.717, 1.165) is 12.0 Å². The van der Waals surface area contributed by atoms with Crippen molar-refractivity contribution in [3.05, 3.63) is 47.8 Å². The maximum Gasteiger partial charge on any atom is 0.153 e. The van der Waals surface area contributed by atoms with E-state index < -0.39 is 0 Å². The van der Waals surface area contributed by atoms with Gasteiger partial charge >= 0.3 is 0 Å². The number of carbonyl (C=O) groups is 1. The molecule has 3 heteroatoms. The lowest BCUT2D eigenvalue weighted by Crippen LogP contribution is -2.10. The first-order valence-corrected chi connectivity index (χ1v) is 5.61. The fourth-order valence-corrected chi connectivity index (χ4v) is 1.65. The summed E-state index contributed by atoms with van der Waals surface area (Å²) in [6.07, 6.45) is 4.08. The van der Waals surface area contributed by atoms with Gasteiger partial charge in [0, 0.05) is 6.20 Å². The van der Waals surface area contributed by atoms with Crippen LogP contribution in [0, 0.1) is 0 Å². The molecule has 0 atom stereocenters. The molecule has 17 heavy (non-hydrogen) atoms. The Hall–Kier alpha value is -1.90. The zero-order valence-corrected chi connectivity index (χ0v) is 10.3. The third-order valence-corrected chi connectivity index (χ3v) is 2.74. The summed E-state index contributed by atoms with van der Waals surface area (Å²) in [5, 5.41) is 4.13. The monoisotopic (exact) mass is 228 g/mol. The molecule has 0 saturated carbocycles. The van der Waals surface area contributed by atoms with Crippen molar-refractivity contribution in [1.82, 2.24) is 9.78 Å². The van der Waals surface area contributed by atoms with Crippen molar-refractivity contribution >= 4 is 6.29 Å². The van der Waals surface area contributed by atoms with Crippen molar-refractivity contribution in [3.63, 3.8) is 0 Å². The molecule has 1 aromatic heterocycles. The van der Waals surface area contributed by atoms with Gasteiger partial charge in [-0.2, -0.15) is 5.10 Å². The van der Waals surface area contributed by atoms with Crippen molar-refractivity contribution in [3.8, 4) is 5.69 Å². The van der Waals surface area contributed by atoms with Crippen molar-refractivity contribution < 1.29 is 4.79 Å². The minimum atomic E-state index is 0.149. The van der Waals surface area contributed by atoms with Gasteiger partial charge in [0.1, 0.15) is 0 Å². The molecule has 0 fully saturated rings. The molecule has 88 valence electrons. The second kappa shape index (κ2) is 4.17. The summed E-state index contributed by atoms with van der Waals surface area (Å²) in [6.45, 7) is 6.54. The van der Waals surface area contributed by atoms with Crippen molar-refractivity contribution in [1.29, 1.82) is 0 Å². The Kier molecular flexibility index (Phi) is 2.84. The Morgan fingerprint density at radius 3 is 2.29 bits per heavy atom. The van der Waals surface area contributed by atoms with Crippen LogP contribution in [0.2, 0.25) is 0 Å². The SMILES string of the molecule is CC(C)(C)c1ccc(-n2cc(C=O)cn2)cc1. The molecular weight excluding hydrogens is 212 g/mol. The van der Waals surface area contributed by atoms with Crippen LogP contribution in [-0.4, -0.2) is 16.1 Å². The van der Waals surface area contributed by atoms with Crippen LogP contribution < -0.4 is 0 Å². The summed E-state index contributed by atoms with van der Waals surface area (Å²) in [4.78, 5) is 10.6. The highest BCUT2D eigenvalue weighted by atomic mass is 16.1. The molecule has 0 N–H and O–H groups in total. The number of hydrogen-bond acceptors (Lipinski definition) is 2. The lowest BCUT2D eigenvalue weighted by Gasteiger charge is -2.19. The number of carbonyl (C=O) groups excluding carboxylic acids is 1. The summed E-state index contributed by atoms with van der Waals surface area (Å²) < 4.78 is 1.70. The highest BCUT2D eigenvalue weighted by molar-refractivity contribution is 5.73. The average molecular weight is 228 g/mol. The number of hydrogen-bond donors (Lipinski definition) is 0. The molecular formula is C14H16N2O. The van der Waals surface area contributed by atoms with Gasteiger partial charge in [-0.3, -0.25) is 4.79 Å². The molecule has 2 rings (SSSR count). The van der Waals surface area contributed by atoms with E-state index in [1.165, 1.54) is 5.56 Å². The zero-order chi connectivity index (χ0) is 12.5. The van der Waals surface area contributed by atoms with E-state index in [2.05, 4.69) is 38.0 Å².